The lowest BCUT2D eigenvalue weighted by molar-refractivity contribution is 0.215. The van der Waals surface area contributed by atoms with Crippen molar-refractivity contribution in [3.63, 3.8) is 0 Å². The summed E-state index contributed by atoms with van der Waals surface area (Å²) in [7, 11) is 0. The minimum atomic E-state index is 0.408. The van der Waals surface area contributed by atoms with E-state index in [1.54, 1.807) is 0 Å². The summed E-state index contributed by atoms with van der Waals surface area (Å²) < 4.78 is 0. The normalized spacial score (nSPS) is 25.2. The van der Waals surface area contributed by atoms with Crippen LogP contribution in [0.3, 0.4) is 0 Å². The van der Waals surface area contributed by atoms with Crippen LogP contribution >= 0.6 is 0 Å². The van der Waals surface area contributed by atoms with E-state index < -0.39 is 0 Å². The molecule has 0 spiro atoms. The molecular formula is C19H31N. The van der Waals surface area contributed by atoms with E-state index in [4.69, 9.17) is 0 Å². The zero-order chi connectivity index (χ0) is 14.8. The summed E-state index contributed by atoms with van der Waals surface area (Å²) in [6.07, 6.45) is 2.66. The molecule has 112 valence electrons. The second-order valence-electron chi connectivity index (χ2n) is 7.58. The van der Waals surface area contributed by atoms with Gasteiger partial charge in [-0.15, -0.1) is 0 Å². The van der Waals surface area contributed by atoms with Gasteiger partial charge in [0.1, 0.15) is 0 Å². The third-order valence-electron chi connectivity index (χ3n) is 5.14. The molecule has 0 heterocycles. The Morgan fingerprint density at radius 2 is 1.85 bits per heavy atom. The van der Waals surface area contributed by atoms with Crippen molar-refractivity contribution < 1.29 is 0 Å². The van der Waals surface area contributed by atoms with Crippen LogP contribution < -0.4 is 5.32 Å². The summed E-state index contributed by atoms with van der Waals surface area (Å²) in [5, 5.41) is 3.75. The molecule has 0 amide bonds. The second kappa shape index (κ2) is 6.30. The van der Waals surface area contributed by atoms with Crippen LogP contribution in [-0.4, -0.2) is 12.6 Å². The van der Waals surface area contributed by atoms with Crippen LogP contribution in [0.5, 0.6) is 0 Å². The van der Waals surface area contributed by atoms with Gasteiger partial charge in [0.15, 0.2) is 0 Å². The van der Waals surface area contributed by atoms with Gasteiger partial charge in [0.05, 0.1) is 0 Å². The molecule has 0 saturated heterocycles. The highest BCUT2D eigenvalue weighted by Gasteiger charge is 2.44. The van der Waals surface area contributed by atoms with Crippen molar-refractivity contribution in [3.8, 4) is 0 Å². The minimum absolute atomic E-state index is 0.408. The van der Waals surface area contributed by atoms with Gasteiger partial charge in [-0.2, -0.15) is 0 Å². The average Bonchev–Trinajstić information content (AvgIpc) is 3.18. The summed E-state index contributed by atoms with van der Waals surface area (Å²) in [5.41, 5.74) is 1.94. The summed E-state index contributed by atoms with van der Waals surface area (Å²) in [6.45, 7) is 12.8. The predicted octanol–water partition coefficient (Wildman–Crippen LogP) is 4.84. The molecule has 2 rings (SSSR count). The van der Waals surface area contributed by atoms with E-state index >= 15 is 0 Å². The molecule has 1 nitrogen and oxygen atoms in total. The first-order valence-electron chi connectivity index (χ1n) is 8.21. The monoisotopic (exact) mass is 273 g/mol. The molecule has 1 N–H and O–H groups in total. The molecule has 0 aromatic heterocycles. The summed E-state index contributed by atoms with van der Waals surface area (Å²) >= 11 is 0. The van der Waals surface area contributed by atoms with Crippen LogP contribution in [-0.2, 0) is 0 Å². The number of hydrogen-bond acceptors (Lipinski definition) is 1. The van der Waals surface area contributed by atoms with Gasteiger partial charge in [0, 0.05) is 6.04 Å². The van der Waals surface area contributed by atoms with Crippen LogP contribution in [0.15, 0.2) is 30.3 Å². The van der Waals surface area contributed by atoms with Crippen molar-refractivity contribution in [2.45, 2.75) is 59.4 Å². The van der Waals surface area contributed by atoms with Gasteiger partial charge in [-0.3, -0.25) is 0 Å². The molecule has 0 bridgehead atoms. The fourth-order valence-corrected chi connectivity index (χ4v) is 3.15. The topological polar surface area (TPSA) is 12.0 Å². The van der Waals surface area contributed by atoms with Crippen molar-refractivity contribution >= 4 is 0 Å². The number of rotatable bonds is 6. The van der Waals surface area contributed by atoms with Crippen LogP contribution in [0.4, 0.5) is 0 Å². The summed E-state index contributed by atoms with van der Waals surface area (Å²) in [5.74, 6) is 2.37. The third-order valence-corrected chi connectivity index (χ3v) is 5.14. The lowest BCUT2D eigenvalue weighted by Gasteiger charge is -2.31. The quantitative estimate of drug-likeness (QED) is 0.782. The minimum Gasteiger partial charge on any atom is -0.314 e. The van der Waals surface area contributed by atoms with E-state index in [0.717, 1.165) is 24.3 Å². The fraction of sp³-hybridized carbons (Fsp3) is 0.684. The molecule has 0 aliphatic heterocycles. The molecule has 20 heavy (non-hydrogen) atoms. The zero-order valence-corrected chi connectivity index (χ0v) is 13.8. The lowest BCUT2D eigenvalue weighted by atomic mass is 9.77. The predicted molar refractivity (Wildman–Crippen MR) is 88.0 cm³/mol. The molecule has 1 saturated carbocycles. The van der Waals surface area contributed by atoms with Crippen LogP contribution in [0.2, 0.25) is 0 Å². The fourth-order valence-electron chi connectivity index (χ4n) is 3.15. The average molecular weight is 273 g/mol. The maximum Gasteiger partial charge on any atom is 0.0104 e. The smallest absolute Gasteiger partial charge is 0.0104 e. The zero-order valence-electron chi connectivity index (χ0n) is 13.8. The van der Waals surface area contributed by atoms with Crippen molar-refractivity contribution in [1.82, 2.24) is 5.32 Å². The molecule has 4 atom stereocenters. The van der Waals surface area contributed by atoms with Crippen molar-refractivity contribution in [2.24, 2.45) is 17.3 Å². The molecule has 1 aromatic carbocycles. The highest BCUT2D eigenvalue weighted by atomic mass is 14.9. The van der Waals surface area contributed by atoms with Gasteiger partial charge >= 0.3 is 0 Å². The largest absolute Gasteiger partial charge is 0.314 e. The summed E-state index contributed by atoms with van der Waals surface area (Å²) in [6, 6.07) is 11.7. The Morgan fingerprint density at radius 1 is 1.20 bits per heavy atom. The van der Waals surface area contributed by atoms with Gasteiger partial charge in [-0.25, -0.2) is 0 Å². The SMILES string of the molecule is CCNC(CC(C)C(C)(C)C)C1CC1c1ccccc1. The number of benzene rings is 1. The van der Waals surface area contributed by atoms with E-state index in [2.05, 4.69) is 70.3 Å². The van der Waals surface area contributed by atoms with Gasteiger partial charge in [-0.05, 0) is 48.1 Å². The molecule has 1 aliphatic carbocycles. The van der Waals surface area contributed by atoms with Gasteiger partial charge in [-0.1, -0.05) is 65.0 Å². The Bertz CT molecular complexity index is 404. The number of hydrogen-bond donors (Lipinski definition) is 1. The lowest BCUT2D eigenvalue weighted by Crippen LogP contribution is -2.35. The molecule has 1 fully saturated rings. The van der Waals surface area contributed by atoms with Gasteiger partial charge in [0.25, 0.3) is 0 Å². The third kappa shape index (κ3) is 3.85. The maximum atomic E-state index is 3.75. The summed E-state index contributed by atoms with van der Waals surface area (Å²) in [4.78, 5) is 0. The Hall–Kier alpha value is -0.820. The maximum absolute atomic E-state index is 3.75. The van der Waals surface area contributed by atoms with Crippen LogP contribution in [0, 0.1) is 17.3 Å². The van der Waals surface area contributed by atoms with E-state index in [9.17, 15) is 0 Å². The van der Waals surface area contributed by atoms with Gasteiger partial charge in [0.2, 0.25) is 0 Å². The molecule has 4 unspecified atom stereocenters. The Labute approximate surface area is 125 Å². The van der Waals surface area contributed by atoms with Gasteiger partial charge < -0.3 is 5.32 Å². The van der Waals surface area contributed by atoms with E-state index in [-0.39, 0.29) is 0 Å². The molecule has 1 aromatic rings. The van der Waals surface area contributed by atoms with Crippen molar-refractivity contribution in [3.05, 3.63) is 35.9 Å². The first-order chi connectivity index (χ1) is 9.43. The Kier molecular flexibility index (Phi) is 4.90. The van der Waals surface area contributed by atoms with Crippen LogP contribution in [0.25, 0.3) is 0 Å². The second-order valence-corrected chi connectivity index (χ2v) is 7.58. The highest BCUT2D eigenvalue weighted by molar-refractivity contribution is 5.26. The highest BCUT2D eigenvalue weighted by Crippen LogP contribution is 2.51. The van der Waals surface area contributed by atoms with E-state index in [1.807, 2.05) is 0 Å². The standard InChI is InChI=1S/C19H31N/c1-6-20-18(12-14(2)19(3,4)5)17-13-16(17)15-10-8-7-9-11-15/h7-11,14,16-18,20H,6,12-13H2,1-5H3. The molecule has 1 aliphatic rings. The molecule has 1 heteroatoms. The van der Waals surface area contributed by atoms with E-state index in [0.29, 0.717) is 11.5 Å². The Balaban J connectivity index is 1.97. The Morgan fingerprint density at radius 3 is 2.40 bits per heavy atom. The molecule has 0 radical (unpaired) electrons. The van der Waals surface area contributed by atoms with Crippen molar-refractivity contribution in [2.75, 3.05) is 6.54 Å². The molecular weight excluding hydrogens is 242 g/mol. The van der Waals surface area contributed by atoms with Crippen LogP contribution in [0.1, 0.15) is 58.9 Å². The number of nitrogens with one attached hydrogen (secondary N) is 1. The van der Waals surface area contributed by atoms with Crippen molar-refractivity contribution in [1.29, 1.82) is 0 Å². The first-order valence-corrected chi connectivity index (χ1v) is 8.21. The van der Waals surface area contributed by atoms with E-state index in [1.165, 1.54) is 18.4 Å². The first kappa shape index (κ1) is 15.6.